The highest BCUT2D eigenvalue weighted by Crippen LogP contribution is 2.51. The molecule has 2 aromatic heterocycles. The Labute approximate surface area is 164 Å². The highest BCUT2D eigenvalue weighted by atomic mass is 32.2. The van der Waals surface area contributed by atoms with Gasteiger partial charge in [0, 0.05) is 44.3 Å². The van der Waals surface area contributed by atoms with Gasteiger partial charge in [-0.05, 0) is 43.7 Å². The Morgan fingerprint density at radius 1 is 1.21 bits per heavy atom. The zero-order chi connectivity index (χ0) is 19.2. The standard InChI is InChI=1S/C19H24N4O4S/c24-28(25,16-5-9-26-10-6-16)23-12-15-4-1-7-19(15,13-23)18-21-17(22-27-18)14-3-2-8-20-11-14/h2-3,8,11,15-16H,1,4-7,9-10,12-13H2/t15-,19-/m1/s1. The summed E-state index contributed by atoms with van der Waals surface area (Å²) in [6.07, 6.45) is 7.47. The van der Waals surface area contributed by atoms with Crippen LogP contribution in [-0.2, 0) is 20.2 Å². The number of pyridine rings is 1. The molecule has 4 heterocycles. The summed E-state index contributed by atoms with van der Waals surface area (Å²) < 4.78 is 39.1. The van der Waals surface area contributed by atoms with Crippen molar-refractivity contribution in [3.05, 3.63) is 30.4 Å². The van der Waals surface area contributed by atoms with Gasteiger partial charge in [-0.1, -0.05) is 11.6 Å². The number of aromatic nitrogens is 3. The monoisotopic (exact) mass is 404 g/mol. The summed E-state index contributed by atoms with van der Waals surface area (Å²) in [5, 5.41) is 3.81. The van der Waals surface area contributed by atoms with Crippen LogP contribution in [0.25, 0.3) is 11.4 Å². The van der Waals surface area contributed by atoms with Crippen molar-refractivity contribution < 1.29 is 17.7 Å². The number of sulfonamides is 1. The van der Waals surface area contributed by atoms with Crippen LogP contribution in [0.5, 0.6) is 0 Å². The molecule has 3 fully saturated rings. The lowest BCUT2D eigenvalue weighted by molar-refractivity contribution is 0.0973. The summed E-state index contributed by atoms with van der Waals surface area (Å²) in [7, 11) is -3.34. The number of nitrogens with zero attached hydrogens (tertiary/aromatic N) is 4. The molecule has 5 rings (SSSR count). The van der Waals surface area contributed by atoms with Crippen molar-refractivity contribution >= 4 is 10.0 Å². The van der Waals surface area contributed by atoms with Crippen LogP contribution in [0.3, 0.4) is 0 Å². The minimum atomic E-state index is -3.34. The van der Waals surface area contributed by atoms with Crippen LogP contribution >= 0.6 is 0 Å². The van der Waals surface area contributed by atoms with Crippen LogP contribution in [-0.4, -0.2) is 59.4 Å². The number of rotatable bonds is 4. The molecule has 2 aromatic rings. The third-order valence-electron chi connectivity index (χ3n) is 6.56. The van der Waals surface area contributed by atoms with Crippen molar-refractivity contribution in [3.8, 4) is 11.4 Å². The lowest BCUT2D eigenvalue weighted by Gasteiger charge is -2.28. The second-order valence-electron chi connectivity index (χ2n) is 8.06. The van der Waals surface area contributed by atoms with Crippen LogP contribution in [0.2, 0.25) is 0 Å². The lowest BCUT2D eigenvalue weighted by atomic mass is 9.80. The van der Waals surface area contributed by atoms with E-state index in [1.165, 1.54) is 0 Å². The molecular weight excluding hydrogens is 380 g/mol. The van der Waals surface area contributed by atoms with E-state index in [4.69, 9.17) is 9.26 Å². The molecule has 2 saturated heterocycles. The Hall–Kier alpha value is -1.84. The molecule has 1 aliphatic carbocycles. The number of hydrogen-bond donors (Lipinski definition) is 0. The van der Waals surface area contributed by atoms with Crippen molar-refractivity contribution in [1.82, 2.24) is 19.4 Å². The zero-order valence-electron chi connectivity index (χ0n) is 15.7. The second kappa shape index (κ2) is 6.89. The van der Waals surface area contributed by atoms with Gasteiger partial charge < -0.3 is 9.26 Å². The fourth-order valence-corrected chi connectivity index (χ4v) is 7.02. The highest BCUT2D eigenvalue weighted by molar-refractivity contribution is 7.89. The summed E-state index contributed by atoms with van der Waals surface area (Å²) in [5.41, 5.74) is 0.430. The van der Waals surface area contributed by atoms with Crippen molar-refractivity contribution in [3.63, 3.8) is 0 Å². The van der Waals surface area contributed by atoms with Gasteiger partial charge in [-0.25, -0.2) is 12.7 Å². The van der Waals surface area contributed by atoms with E-state index in [0.717, 1.165) is 24.8 Å². The van der Waals surface area contributed by atoms with Crippen molar-refractivity contribution in [2.75, 3.05) is 26.3 Å². The average molecular weight is 404 g/mol. The van der Waals surface area contributed by atoms with Gasteiger partial charge in [0.25, 0.3) is 0 Å². The molecule has 0 amide bonds. The third kappa shape index (κ3) is 2.87. The normalized spacial score (nSPS) is 29.2. The van der Waals surface area contributed by atoms with Gasteiger partial charge in [0.05, 0.1) is 10.7 Å². The first-order valence-electron chi connectivity index (χ1n) is 9.91. The maximum absolute atomic E-state index is 13.2. The summed E-state index contributed by atoms with van der Waals surface area (Å²) in [5.74, 6) is 1.30. The molecule has 1 saturated carbocycles. The molecule has 8 nitrogen and oxygen atoms in total. The minimum Gasteiger partial charge on any atom is -0.381 e. The molecule has 0 radical (unpaired) electrons. The van der Waals surface area contributed by atoms with Gasteiger partial charge in [0.1, 0.15) is 0 Å². The van der Waals surface area contributed by atoms with E-state index in [2.05, 4.69) is 15.1 Å². The van der Waals surface area contributed by atoms with E-state index in [1.54, 1.807) is 16.7 Å². The minimum absolute atomic E-state index is 0.226. The summed E-state index contributed by atoms with van der Waals surface area (Å²) in [6.45, 7) is 2.02. The summed E-state index contributed by atoms with van der Waals surface area (Å²) >= 11 is 0. The zero-order valence-corrected chi connectivity index (χ0v) is 16.5. The predicted octanol–water partition coefficient (Wildman–Crippen LogP) is 1.99. The van der Waals surface area contributed by atoms with Crippen LogP contribution in [0.15, 0.2) is 29.0 Å². The van der Waals surface area contributed by atoms with Crippen LogP contribution < -0.4 is 0 Å². The van der Waals surface area contributed by atoms with E-state index < -0.39 is 10.0 Å². The van der Waals surface area contributed by atoms with Crippen molar-refractivity contribution in [2.24, 2.45) is 5.92 Å². The molecule has 0 aromatic carbocycles. The average Bonchev–Trinajstić information content (AvgIpc) is 3.43. The van der Waals surface area contributed by atoms with E-state index in [9.17, 15) is 8.42 Å². The molecule has 0 unspecified atom stereocenters. The van der Waals surface area contributed by atoms with Gasteiger partial charge in [0.15, 0.2) is 0 Å². The van der Waals surface area contributed by atoms with Crippen LogP contribution in [0, 0.1) is 5.92 Å². The first-order chi connectivity index (χ1) is 13.6. The van der Waals surface area contributed by atoms with E-state index >= 15 is 0 Å². The molecule has 28 heavy (non-hydrogen) atoms. The van der Waals surface area contributed by atoms with Crippen molar-refractivity contribution in [1.29, 1.82) is 0 Å². The van der Waals surface area contributed by atoms with E-state index in [1.807, 2.05) is 12.1 Å². The van der Waals surface area contributed by atoms with Crippen LogP contribution in [0.1, 0.15) is 38.0 Å². The molecule has 150 valence electrons. The van der Waals surface area contributed by atoms with Gasteiger partial charge >= 0.3 is 0 Å². The van der Waals surface area contributed by atoms with E-state index in [0.29, 0.717) is 50.9 Å². The Morgan fingerprint density at radius 3 is 2.86 bits per heavy atom. The maximum atomic E-state index is 13.2. The number of fused-ring (bicyclic) bond motifs is 1. The third-order valence-corrected chi connectivity index (χ3v) is 8.87. The Morgan fingerprint density at radius 2 is 2.07 bits per heavy atom. The number of hydrogen-bond acceptors (Lipinski definition) is 7. The van der Waals surface area contributed by atoms with E-state index in [-0.39, 0.29) is 16.6 Å². The smallest absolute Gasteiger partial charge is 0.234 e. The Kier molecular flexibility index (Phi) is 4.48. The SMILES string of the molecule is O=S(=O)(C1CCOCC1)N1C[C@H]2CCC[C@@]2(c2nc(-c3cccnc3)no2)C1. The first-order valence-corrected chi connectivity index (χ1v) is 11.4. The lowest BCUT2D eigenvalue weighted by Crippen LogP contribution is -2.42. The second-order valence-corrected chi connectivity index (χ2v) is 10.3. The first kappa shape index (κ1) is 18.2. The fraction of sp³-hybridized carbons (Fsp3) is 0.632. The van der Waals surface area contributed by atoms with Crippen LogP contribution in [0.4, 0.5) is 0 Å². The predicted molar refractivity (Wildman–Crippen MR) is 101 cm³/mol. The number of ether oxygens (including phenoxy) is 1. The Bertz CT molecular complexity index is 942. The topological polar surface area (TPSA) is 98.4 Å². The van der Waals surface area contributed by atoms with Crippen molar-refractivity contribution in [2.45, 2.75) is 42.8 Å². The quantitative estimate of drug-likeness (QED) is 0.768. The summed E-state index contributed by atoms with van der Waals surface area (Å²) in [6, 6.07) is 3.72. The molecular formula is C19H24N4O4S. The summed E-state index contributed by atoms with van der Waals surface area (Å²) in [4.78, 5) is 8.77. The Balaban J connectivity index is 1.44. The molecule has 2 atom stereocenters. The van der Waals surface area contributed by atoms with Gasteiger partial charge in [-0.15, -0.1) is 0 Å². The van der Waals surface area contributed by atoms with Gasteiger partial charge in [0.2, 0.25) is 21.7 Å². The van der Waals surface area contributed by atoms with Gasteiger partial charge in [-0.3, -0.25) is 4.98 Å². The molecule has 3 aliphatic rings. The molecule has 0 spiro atoms. The molecule has 9 heteroatoms. The molecule has 0 bridgehead atoms. The molecule has 2 aliphatic heterocycles. The van der Waals surface area contributed by atoms with Gasteiger partial charge in [-0.2, -0.15) is 4.98 Å². The highest BCUT2D eigenvalue weighted by Gasteiger charge is 2.57. The largest absolute Gasteiger partial charge is 0.381 e. The maximum Gasteiger partial charge on any atom is 0.234 e. The molecule has 0 N–H and O–H groups in total. The fourth-order valence-electron chi connectivity index (χ4n) is 5.01.